The second kappa shape index (κ2) is 10.5. The van der Waals surface area contributed by atoms with Gasteiger partial charge in [-0.05, 0) is 49.4 Å². The van der Waals surface area contributed by atoms with E-state index in [-0.39, 0.29) is 0 Å². The molecule has 34 heavy (non-hydrogen) atoms. The molecule has 1 saturated carbocycles. The minimum atomic E-state index is 0.291. The van der Waals surface area contributed by atoms with Crippen LogP contribution in [0.2, 0.25) is 5.31 Å². The number of aromatic nitrogens is 3. The van der Waals surface area contributed by atoms with Gasteiger partial charge in [0, 0.05) is 24.7 Å². The SMILES string of the molecule is BC1(COc2cccc(C3CCN(Cc4nc5ccccc5n4C)CC3)n2)CCCCCCC1. The highest BCUT2D eigenvalue weighted by Crippen LogP contribution is 2.38. The number of likely N-dealkylation sites (tertiary alicyclic amines) is 1. The van der Waals surface area contributed by atoms with Crippen LogP contribution in [-0.4, -0.2) is 47.0 Å². The van der Waals surface area contributed by atoms with E-state index >= 15 is 0 Å². The van der Waals surface area contributed by atoms with E-state index in [0.29, 0.717) is 11.2 Å². The first kappa shape index (κ1) is 23.4. The topological polar surface area (TPSA) is 43.2 Å². The Morgan fingerprint density at radius 2 is 1.68 bits per heavy atom. The highest BCUT2D eigenvalue weighted by atomic mass is 16.5. The first-order valence-corrected chi connectivity index (χ1v) is 13.3. The van der Waals surface area contributed by atoms with Gasteiger partial charge in [-0.3, -0.25) is 4.90 Å². The van der Waals surface area contributed by atoms with Crippen molar-refractivity contribution in [2.24, 2.45) is 7.05 Å². The standard InChI is InChI=1S/C28H39BN4O/c1-32-25-12-6-5-10-24(25)30-26(32)20-33-18-14-22(15-19-33)23-11-9-13-27(31-23)34-21-28(29)16-7-3-2-4-8-17-28/h5-6,9-13,22H,2-4,7-8,14-21,29H2,1H3. The number of piperidine rings is 1. The maximum Gasteiger partial charge on any atom is 0.213 e. The van der Waals surface area contributed by atoms with Crippen LogP contribution in [0.5, 0.6) is 5.88 Å². The molecule has 0 amide bonds. The zero-order valence-corrected chi connectivity index (χ0v) is 21.0. The number of nitrogens with zero attached hydrogens (tertiary/aromatic N) is 4. The van der Waals surface area contributed by atoms with Crippen LogP contribution in [0, 0.1) is 0 Å². The van der Waals surface area contributed by atoms with E-state index in [2.05, 4.69) is 60.8 Å². The molecule has 5 nitrogen and oxygen atoms in total. The lowest BCUT2D eigenvalue weighted by molar-refractivity contribution is 0.196. The second-order valence-electron chi connectivity index (χ2n) is 10.9. The number of ether oxygens (including phenoxy) is 1. The minimum Gasteiger partial charge on any atom is -0.478 e. The van der Waals surface area contributed by atoms with Gasteiger partial charge in [-0.1, -0.05) is 63.1 Å². The van der Waals surface area contributed by atoms with Crippen LogP contribution < -0.4 is 4.74 Å². The molecule has 0 bridgehead atoms. The number of hydrogen-bond donors (Lipinski definition) is 0. The molecule has 0 atom stereocenters. The lowest BCUT2D eigenvalue weighted by Gasteiger charge is -2.32. The third kappa shape index (κ3) is 5.48. The summed E-state index contributed by atoms with van der Waals surface area (Å²) in [6.07, 6.45) is 11.6. The zero-order valence-electron chi connectivity index (χ0n) is 21.0. The average Bonchev–Trinajstić information content (AvgIpc) is 3.16. The molecule has 0 spiro atoms. The smallest absolute Gasteiger partial charge is 0.213 e. The second-order valence-corrected chi connectivity index (χ2v) is 10.9. The van der Waals surface area contributed by atoms with Crippen molar-refractivity contribution in [1.82, 2.24) is 19.4 Å². The molecule has 1 aliphatic carbocycles. The molecule has 180 valence electrons. The molecule has 6 heteroatoms. The number of fused-ring (bicyclic) bond motifs is 1. The van der Waals surface area contributed by atoms with Gasteiger partial charge in [0.05, 0.1) is 24.2 Å². The van der Waals surface area contributed by atoms with Gasteiger partial charge in [-0.25, -0.2) is 9.97 Å². The van der Waals surface area contributed by atoms with Gasteiger partial charge in [0.25, 0.3) is 0 Å². The summed E-state index contributed by atoms with van der Waals surface area (Å²) in [5.74, 6) is 2.47. The first-order chi connectivity index (χ1) is 16.6. The molecule has 2 aliphatic rings. The molecule has 1 saturated heterocycles. The Balaban J connectivity index is 1.16. The Hall–Kier alpha value is -2.34. The Morgan fingerprint density at radius 1 is 0.941 bits per heavy atom. The van der Waals surface area contributed by atoms with E-state index in [0.717, 1.165) is 56.3 Å². The maximum absolute atomic E-state index is 6.29. The zero-order chi connectivity index (χ0) is 23.4. The van der Waals surface area contributed by atoms with Crippen molar-refractivity contribution in [3.05, 3.63) is 54.0 Å². The lowest BCUT2D eigenvalue weighted by Crippen LogP contribution is -2.33. The summed E-state index contributed by atoms with van der Waals surface area (Å²) in [5, 5.41) is 0.291. The minimum absolute atomic E-state index is 0.291. The fraction of sp³-hybridized carbons (Fsp3) is 0.571. The summed E-state index contributed by atoms with van der Waals surface area (Å²) in [5.41, 5.74) is 3.49. The third-order valence-electron chi connectivity index (χ3n) is 8.12. The largest absolute Gasteiger partial charge is 0.478 e. The number of hydrogen-bond acceptors (Lipinski definition) is 4. The van der Waals surface area contributed by atoms with Gasteiger partial charge >= 0.3 is 0 Å². The van der Waals surface area contributed by atoms with E-state index in [4.69, 9.17) is 14.7 Å². The van der Waals surface area contributed by atoms with Gasteiger partial charge in [0.1, 0.15) is 13.7 Å². The number of pyridine rings is 1. The molecule has 0 radical (unpaired) electrons. The van der Waals surface area contributed by atoms with Crippen molar-refractivity contribution >= 4 is 18.9 Å². The van der Waals surface area contributed by atoms with Crippen molar-refractivity contribution in [1.29, 1.82) is 0 Å². The molecule has 0 unspecified atom stereocenters. The van der Waals surface area contributed by atoms with Crippen molar-refractivity contribution < 1.29 is 4.74 Å². The van der Waals surface area contributed by atoms with Crippen LogP contribution >= 0.6 is 0 Å². The van der Waals surface area contributed by atoms with Crippen molar-refractivity contribution in [2.75, 3.05) is 19.7 Å². The van der Waals surface area contributed by atoms with Crippen molar-refractivity contribution in [3.63, 3.8) is 0 Å². The van der Waals surface area contributed by atoms with Gasteiger partial charge in [-0.2, -0.15) is 0 Å². The molecule has 2 aromatic heterocycles. The summed E-state index contributed by atoms with van der Waals surface area (Å²) in [4.78, 5) is 12.3. The van der Waals surface area contributed by atoms with E-state index in [1.807, 2.05) is 6.07 Å². The Bertz CT molecular complexity index is 1080. The number of imidazole rings is 1. The lowest BCUT2D eigenvalue weighted by atomic mass is 9.62. The van der Waals surface area contributed by atoms with Crippen molar-refractivity contribution in [2.45, 2.75) is 75.6 Å². The number of aryl methyl sites for hydroxylation is 1. The van der Waals surface area contributed by atoms with Crippen LogP contribution in [-0.2, 0) is 13.6 Å². The molecule has 2 fully saturated rings. The fourth-order valence-corrected chi connectivity index (χ4v) is 5.81. The highest BCUT2D eigenvalue weighted by molar-refractivity contribution is 6.15. The highest BCUT2D eigenvalue weighted by Gasteiger charge is 2.27. The van der Waals surface area contributed by atoms with Crippen molar-refractivity contribution in [3.8, 4) is 5.88 Å². The number of benzene rings is 1. The molecule has 3 heterocycles. The summed E-state index contributed by atoms with van der Waals surface area (Å²) in [6, 6.07) is 14.8. The van der Waals surface area contributed by atoms with Crippen LogP contribution in [0.25, 0.3) is 11.0 Å². The van der Waals surface area contributed by atoms with E-state index in [9.17, 15) is 0 Å². The predicted octanol–water partition coefficient (Wildman–Crippen LogP) is 5.26. The van der Waals surface area contributed by atoms with Gasteiger partial charge in [0.2, 0.25) is 5.88 Å². The average molecular weight is 458 g/mol. The summed E-state index contributed by atoms with van der Waals surface area (Å²) in [7, 11) is 4.53. The summed E-state index contributed by atoms with van der Waals surface area (Å²) >= 11 is 0. The van der Waals surface area contributed by atoms with Crippen LogP contribution in [0.4, 0.5) is 0 Å². The van der Waals surface area contributed by atoms with E-state index in [1.165, 1.54) is 56.2 Å². The maximum atomic E-state index is 6.29. The predicted molar refractivity (Wildman–Crippen MR) is 141 cm³/mol. The van der Waals surface area contributed by atoms with Crippen LogP contribution in [0.3, 0.4) is 0 Å². The fourth-order valence-electron chi connectivity index (χ4n) is 5.81. The molecular weight excluding hydrogens is 419 g/mol. The molecule has 1 aromatic carbocycles. The van der Waals surface area contributed by atoms with E-state index in [1.54, 1.807) is 0 Å². The summed E-state index contributed by atoms with van der Waals surface area (Å²) in [6.45, 7) is 3.87. The number of para-hydroxylation sites is 2. The Kier molecular flexibility index (Phi) is 7.24. The van der Waals surface area contributed by atoms with Gasteiger partial charge in [-0.15, -0.1) is 0 Å². The molecule has 0 N–H and O–H groups in total. The molecular formula is C28H39BN4O. The quantitative estimate of drug-likeness (QED) is 0.473. The van der Waals surface area contributed by atoms with Gasteiger partial charge in [0.15, 0.2) is 0 Å². The third-order valence-corrected chi connectivity index (χ3v) is 8.12. The molecule has 3 aromatic rings. The number of rotatable bonds is 6. The van der Waals surface area contributed by atoms with E-state index < -0.39 is 0 Å². The Labute approximate surface area is 205 Å². The molecule has 1 aliphatic heterocycles. The summed E-state index contributed by atoms with van der Waals surface area (Å²) < 4.78 is 8.52. The monoisotopic (exact) mass is 458 g/mol. The van der Waals surface area contributed by atoms with Crippen LogP contribution in [0.15, 0.2) is 42.5 Å². The molecule has 5 rings (SSSR count). The normalized spacial score (nSPS) is 20.1. The Morgan fingerprint density at radius 3 is 2.44 bits per heavy atom. The first-order valence-electron chi connectivity index (χ1n) is 13.3. The van der Waals surface area contributed by atoms with Gasteiger partial charge < -0.3 is 9.30 Å². The van der Waals surface area contributed by atoms with Crippen LogP contribution in [0.1, 0.15) is 75.2 Å².